The summed E-state index contributed by atoms with van der Waals surface area (Å²) in [6.45, 7) is 3.23. The van der Waals surface area contributed by atoms with Gasteiger partial charge in [0.2, 0.25) is 5.91 Å². The maximum absolute atomic E-state index is 12.4. The Labute approximate surface area is 152 Å². The molecule has 2 heterocycles. The van der Waals surface area contributed by atoms with E-state index in [4.69, 9.17) is 16.3 Å². The quantitative estimate of drug-likeness (QED) is 0.912. The number of carbonyl (C=O) groups excluding carboxylic acids is 1. The summed E-state index contributed by atoms with van der Waals surface area (Å²) in [5.74, 6) is 0.876. The van der Waals surface area contributed by atoms with Gasteiger partial charge in [-0.25, -0.2) is 4.98 Å². The number of halogens is 1. The first-order valence-electron chi connectivity index (χ1n) is 8.56. The van der Waals surface area contributed by atoms with Crippen molar-refractivity contribution in [2.24, 2.45) is 5.92 Å². The van der Waals surface area contributed by atoms with Crippen LogP contribution in [0.4, 0.5) is 11.5 Å². The lowest BCUT2D eigenvalue weighted by molar-refractivity contribution is -0.117. The molecule has 1 saturated heterocycles. The average molecular weight is 358 g/mol. The zero-order valence-corrected chi connectivity index (χ0v) is 14.6. The molecule has 1 N–H and O–H groups in total. The number of rotatable bonds is 4. The fraction of sp³-hybridized carbons (Fsp3) is 0.368. The number of pyridine rings is 1. The Morgan fingerprint density at radius 1 is 1.24 bits per heavy atom. The van der Waals surface area contributed by atoms with Crippen molar-refractivity contribution < 1.29 is 9.53 Å². The van der Waals surface area contributed by atoms with Crippen LogP contribution in [-0.2, 0) is 9.53 Å². The van der Waals surface area contributed by atoms with Gasteiger partial charge in [-0.05, 0) is 42.2 Å². The summed E-state index contributed by atoms with van der Waals surface area (Å²) in [7, 11) is 0. The van der Waals surface area contributed by atoms with Gasteiger partial charge < -0.3 is 15.0 Å². The molecule has 0 radical (unpaired) electrons. The molecule has 2 fully saturated rings. The predicted octanol–water partition coefficient (Wildman–Crippen LogP) is 3.31. The lowest BCUT2D eigenvalue weighted by atomic mass is 10.1. The number of amides is 1. The molecule has 0 spiro atoms. The van der Waals surface area contributed by atoms with Crippen molar-refractivity contribution in [2.75, 3.05) is 36.5 Å². The van der Waals surface area contributed by atoms with Crippen LogP contribution in [0.2, 0.25) is 5.02 Å². The Balaban J connectivity index is 1.35. The van der Waals surface area contributed by atoms with Crippen LogP contribution in [0.25, 0.3) is 0 Å². The minimum absolute atomic E-state index is 0.000753. The van der Waals surface area contributed by atoms with E-state index in [0.29, 0.717) is 10.8 Å². The van der Waals surface area contributed by atoms with Crippen molar-refractivity contribution >= 4 is 29.0 Å². The van der Waals surface area contributed by atoms with Gasteiger partial charge in [-0.15, -0.1) is 0 Å². The minimum Gasteiger partial charge on any atom is -0.378 e. The molecule has 25 heavy (non-hydrogen) atoms. The summed E-state index contributed by atoms with van der Waals surface area (Å²) in [6, 6.07) is 11.6. The molecule has 1 aromatic heterocycles. The summed E-state index contributed by atoms with van der Waals surface area (Å²) < 4.78 is 5.36. The van der Waals surface area contributed by atoms with E-state index in [0.717, 1.165) is 44.0 Å². The molecule has 1 aliphatic heterocycles. The summed E-state index contributed by atoms with van der Waals surface area (Å²) in [5.41, 5.74) is 2.19. The third-order valence-corrected chi connectivity index (χ3v) is 5.01. The van der Waals surface area contributed by atoms with Crippen molar-refractivity contribution in [1.29, 1.82) is 0 Å². The van der Waals surface area contributed by atoms with E-state index in [1.165, 1.54) is 0 Å². The molecule has 2 unspecified atom stereocenters. The Morgan fingerprint density at radius 2 is 2.08 bits per heavy atom. The number of nitrogens with one attached hydrogen (secondary N) is 1. The number of carbonyl (C=O) groups is 1. The highest BCUT2D eigenvalue weighted by Gasteiger charge is 2.44. The highest BCUT2D eigenvalue weighted by atomic mass is 35.5. The second kappa shape index (κ2) is 7.02. The van der Waals surface area contributed by atoms with Gasteiger partial charge in [0.15, 0.2) is 0 Å². The number of benzene rings is 1. The first-order chi connectivity index (χ1) is 12.2. The van der Waals surface area contributed by atoms with E-state index >= 15 is 0 Å². The van der Waals surface area contributed by atoms with Crippen molar-refractivity contribution in [3.8, 4) is 0 Å². The summed E-state index contributed by atoms with van der Waals surface area (Å²) in [4.78, 5) is 19.0. The highest BCUT2D eigenvalue weighted by Crippen LogP contribution is 2.48. The highest BCUT2D eigenvalue weighted by molar-refractivity contribution is 6.30. The molecule has 1 amide bonds. The van der Waals surface area contributed by atoms with Gasteiger partial charge in [-0.3, -0.25) is 4.79 Å². The van der Waals surface area contributed by atoms with E-state index in [1.54, 1.807) is 0 Å². The summed E-state index contributed by atoms with van der Waals surface area (Å²) in [6.07, 6.45) is 2.67. The van der Waals surface area contributed by atoms with Crippen molar-refractivity contribution in [3.63, 3.8) is 0 Å². The predicted molar refractivity (Wildman–Crippen MR) is 98.2 cm³/mol. The van der Waals surface area contributed by atoms with Gasteiger partial charge in [-0.2, -0.15) is 0 Å². The van der Waals surface area contributed by atoms with Crippen LogP contribution in [0.15, 0.2) is 42.6 Å². The SMILES string of the molecule is O=C(Nc1ccc(N2CCOCC2)cn1)C1CC1c1cccc(Cl)c1. The second-order valence-corrected chi connectivity index (χ2v) is 6.93. The average Bonchev–Trinajstić information content (AvgIpc) is 3.44. The monoisotopic (exact) mass is 357 g/mol. The smallest absolute Gasteiger partial charge is 0.229 e. The number of hydrogen-bond acceptors (Lipinski definition) is 4. The number of aromatic nitrogens is 1. The first-order valence-corrected chi connectivity index (χ1v) is 8.93. The fourth-order valence-corrected chi connectivity index (χ4v) is 3.48. The van der Waals surface area contributed by atoms with Gasteiger partial charge in [0, 0.05) is 24.0 Å². The maximum Gasteiger partial charge on any atom is 0.229 e. The molecule has 130 valence electrons. The molecular formula is C19H20ClN3O2. The number of nitrogens with zero attached hydrogens (tertiary/aromatic N) is 2. The molecule has 2 aliphatic rings. The zero-order chi connectivity index (χ0) is 17.2. The van der Waals surface area contributed by atoms with E-state index < -0.39 is 0 Å². The first kappa shape index (κ1) is 16.4. The van der Waals surface area contributed by atoms with Crippen molar-refractivity contribution in [2.45, 2.75) is 12.3 Å². The van der Waals surface area contributed by atoms with Crippen LogP contribution >= 0.6 is 11.6 Å². The standard InChI is InChI=1S/C19H20ClN3O2/c20-14-3-1-2-13(10-14)16-11-17(16)19(24)22-18-5-4-15(12-21-18)23-6-8-25-9-7-23/h1-5,10,12,16-17H,6-9,11H2,(H,21,22,24). The molecule has 1 aromatic carbocycles. The Bertz CT molecular complexity index is 760. The largest absolute Gasteiger partial charge is 0.378 e. The molecule has 5 nitrogen and oxygen atoms in total. The van der Waals surface area contributed by atoms with Crippen molar-refractivity contribution in [3.05, 3.63) is 53.2 Å². The van der Waals surface area contributed by atoms with E-state index in [2.05, 4.69) is 15.2 Å². The molecule has 1 aliphatic carbocycles. The number of anilines is 2. The molecule has 0 bridgehead atoms. The van der Waals surface area contributed by atoms with Crippen LogP contribution in [0, 0.1) is 5.92 Å². The number of hydrogen-bond donors (Lipinski definition) is 1. The van der Waals surface area contributed by atoms with Gasteiger partial charge >= 0.3 is 0 Å². The van der Waals surface area contributed by atoms with Crippen LogP contribution < -0.4 is 10.2 Å². The molecule has 2 atom stereocenters. The Hall–Kier alpha value is -2.11. The minimum atomic E-state index is -0.000753. The van der Waals surface area contributed by atoms with Crippen LogP contribution in [-0.4, -0.2) is 37.2 Å². The van der Waals surface area contributed by atoms with Gasteiger partial charge in [0.1, 0.15) is 5.82 Å². The Morgan fingerprint density at radius 3 is 2.80 bits per heavy atom. The van der Waals surface area contributed by atoms with Gasteiger partial charge in [0.05, 0.1) is 25.1 Å². The van der Waals surface area contributed by atoms with Gasteiger partial charge in [0.25, 0.3) is 0 Å². The summed E-state index contributed by atoms with van der Waals surface area (Å²) >= 11 is 6.03. The second-order valence-electron chi connectivity index (χ2n) is 6.49. The topological polar surface area (TPSA) is 54.5 Å². The van der Waals surface area contributed by atoms with E-state index in [-0.39, 0.29) is 17.7 Å². The van der Waals surface area contributed by atoms with Crippen LogP contribution in [0.5, 0.6) is 0 Å². The van der Waals surface area contributed by atoms with Crippen molar-refractivity contribution in [1.82, 2.24) is 4.98 Å². The maximum atomic E-state index is 12.4. The normalized spacial score (nSPS) is 22.5. The molecule has 2 aromatic rings. The lowest BCUT2D eigenvalue weighted by Gasteiger charge is -2.28. The van der Waals surface area contributed by atoms with E-state index in [9.17, 15) is 4.79 Å². The molecular weight excluding hydrogens is 338 g/mol. The Kier molecular flexibility index (Phi) is 4.59. The fourth-order valence-electron chi connectivity index (χ4n) is 3.28. The molecule has 1 saturated carbocycles. The van der Waals surface area contributed by atoms with Gasteiger partial charge in [-0.1, -0.05) is 23.7 Å². The molecule has 6 heteroatoms. The lowest BCUT2D eigenvalue weighted by Crippen LogP contribution is -2.36. The van der Waals surface area contributed by atoms with Crippen LogP contribution in [0.1, 0.15) is 17.9 Å². The third kappa shape index (κ3) is 3.78. The van der Waals surface area contributed by atoms with E-state index in [1.807, 2.05) is 42.6 Å². The number of ether oxygens (including phenoxy) is 1. The van der Waals surface area contributed by atoms with Crippen LogP contribution in [0.3, 0.4) is 0 Å². The third-order valence-electron chi connectivity index (χ3n) is 4.78. The number of morpholine rings is 1. The molecule has 4 rings (SSSR count). The summed E-state index contributed by atoms with van der Waals surface area (Å²) in [5, 5.41) is 3.63. The zero-order valence-electron chi connectivity index (χ0n) is 13.8.